The van der Waals surface area contributed by atoms with E-state index < -0.39 is 0 Å². The molecule has 0 atom stereocenters. The van der Waals surface area contributed by atoms with Gasteiger partial charge in [-0.2, -0.15) is 0 Å². The summed E-state index contributed by atoms with van der Waals surface area (Å²) in [6.45, 7) is 1.90. The Balaban J connectivity index is 2.01. The van der Waals surface area contributed by atoms with Crippen LogP contribution in [0.2, 0.25) is 0 Å². The molecule has 0 radical (unpaired) electrons. The Morgan fingerprint density at radius 3 is 2.73 bits per heavy atom. The van der Waals surface area contributed by atoms with E-state index in [4.69, 9.17) is 10.5 Å². The Morgan fingerprint density at radius 2 is 2.07 bits per heavy atom. The second-order valence-electron chi connectivity index (χ2n) is 3.63. The topological polar surface area (TPSA) is 55.6 Å². The molecular formula is C11H14N2O2. The van der Waals surface area contributed by atoms with Gasteiger partial charge in [-0.05, 0) is 24.1 Å². The van der Waals surface area contributed by atoms with Crippen molar-refractivity contribution in [1.29, 1.82) is 0 Å². The van der Waals surface area contributed by atoms with E-state index in [1.807, 2.05) is 24.3 Å². The fourth-order valence-corrected chi connectivity index (χ4v) is 1.58. The lowest BCUT2D eigenvalue weighted by Crippen LogP contribution is -2.37. The van der Waals surface area contributed by atoms with E-state index >= 15 is 0 Å². The van der Waals surface area contributed by atoms with Crippen molar-refractivity contribution >= 4 is 11.8 Å². The molecular weight excluding hydrogens is 192 g/mol. The number of cyclic esters (lactones) is 1. The number of benzene rings is 1. The number of nitrogen functional groups attached to an aromatic ring is 1. The number of nitrogens with zero attached hydrogens (tertiary/aromatic N) is 1. The smallest absolute Gasteiger partial charge is 0.410 e. The van der Waals surface area contributed by atoms with Crippen molar-refractivity contribution in [1.82, 2.24) is 4.90 Å². The minimum Gasteiger partial charge on any atom is -0.449 e. The molecule has 4 heteroatoms. The van der Waals surface area contributed by atoms with Crippen LogP contribution in [0.1, 0.15) is 12.0 Å². The molecule has 1 heterocycles. The average Bonchev–Trinajstić information content (AvgIpc) is 2.25. The van der Waals surface area contributed by atoms with Crippen LogP contribution in [0.4, 0.5) is 10.5 Å². The highest BCUT2D eigenvalue weighted by Crippen LogP contribution is 2.12. The second-order valence-corrected chi connectivity index (χ2v) is 3.63. The molecule has 15 heavy (non-hydrogen) atoms. The lowest BCUT2D eigenvalue weighted by Gasteiger charge is -2.26. The van der Waals surface area contributed by atoms with Gasteiger partial charge in [0.05, 0.1) is 6.61 Å². The van der Waals surface area contributed by atoms with Crippen LogP contribution >= 0.6 is 0 Å². The maximum atomic E-state index is 11.3. The summed E-state index contributed by atoms with van der Waals surface area (Å²) < 4.78 is 4.95. The van der Waals surface area contributed by atoms with E-state index in [0.717, 1.165) is 24.2 Å². The van der Waals surface area contributed by atoms with Gasteiger partial charge in [0.1, 0.15) is 0 Å². The Hall–Kier alpha value is -1.71. The molecule has 2 rings (SSSR count). The zero-order valence-corrected chi connectivity index (χ0v) is 8.48. The SMILES string of the molecule is Nc1ccc(CN2CCCOC2=O)cc1. The summed E-state index contributed by atoms with van der Waals surface area (Å²) in [5.41, 5.74) is 7.39. The number of nitrogens with two attached hydrogens (primary N) is 1. The Morgan fingerprint density at radius 1 is 1.33 bits per heavy atom. The normalized spacial score (nSPS) is 16.3. The average molecular weight is 206 g/mol. The number of anilines is 1. The molecule has 80 valence electrons. The van der Waals surface area contributed by atoms with Gasteiger partial charge >= 0.3 is 6.09 Å². The van der Waals surface area contributed by atoms with Gasteiger partial charge in [0.2, 0.25) is 0 Å². The van der Waals surface area contributed by atoms with Gasteiger partial charge in [-0.3, -0.25) is 0 Å². The van der Waals surface area contributed by atoms with Crippen LogP contribution in [0.5, 0.6) is 0 Å². The summed E-state index contributed by atoms with van der Waals surface area (Å²) in [6, 6.07) is 7.53. The molecule has 0 spiro atoms. The predicted octanol–water partition coefficient (Wildman–Crippen LogP) is 1.61. The van der Waals surface area contributed by atoms with Gasteiger partial charge in [-0.1, -0.05) is 12.1 Å². The fourth-order valence-electron chi connectivity index (χ4n) is 1.58. The van der Waals surface area contributed by atoms with Crippen LogP contribution in [0.25, 0.3) is 0 Å². The summed E-state index contributed by atoms with van der Waals surface area (Å²) in [4.78, 5) is 13.0. The van der Waals surface area contributed by atoms with Gasteiger partial charge in [-0.15, -0.1) is 0 Å². The maximum absolute atomic E-state index is 11.3. The quantitative estimate of drug-likeness (QED) is 0.748. The highest BCUT2D eigenvalue weighted by molar-refractivity contribution is 5.68. The van der Waals surface area contributed by atoms with E-state index in [1.54, 1.807) is 4.90 Å². The van der Waals surface area contributed by atoms with Gasteiger partial charge in [0, 0.05) is 18.8 Å². The van der Waals surface area contributed by atoms with Crippen LogP contribution in [0.3, 0.4) is 0 Å². The molecule has 2 N–H and O–H groups in total. The molecule has 0 bridgehead atoms. The minimum absolute atomic E-state index is 0.224. The molecule has 0 aliphatic carbocycles. The molecule has 1 saturated heterocycles. The number of carbonyl (C=O) groups is 1. The summed E-state index contributed by atoms with van der Waals surface area (Å²) >= 11 is 0. The molecule has 1 aromatic rings. The zero-order valence-electron chi connectivity index (χ0n) is 8.48. The summed E-state index contributed by atoms with van der Waals surface area (Å²) in [7, 11) is 0. The molecule has 1 aliphatic heterocycles. The largest absolute Gasteiger partial charge is 0.449 e. The van der Waals surface area contributed by atoms with Crippen molar-refractivity contribution in [2.24, 2.45) is 0 Å². The van der Waals surface area contributed by atoms with Crippen molar-refractivity contribution in [3.8, 4) is 0 Å². The summed E-state index contributed by atoms with van der Waals surface area (Å²) in [5, 5.41) is 0. The van der Waals surface area contributed by atoms with Crippen LogP contribution in [-0.2, 0) is 11.3 Å². The number of amides is 1. The zero-order chi connectivity index (χ0) is 10.7. The van der Waals surface area contributed by atoms with Crippen molar-refractivity contribution < 1.29 is 9.53 Å². The Bertz CT molecular complexity index is 348. The predicted molar refractivity (Wildman–Crippen MR) is 57.2 cm³/mol. The van der Waals surface area contributed by atoms with Crippen molar-refractivity contribution in [2.45, 2.75) is 13.0 Å². The Kier molecular flexibility index (Phi) is 2.76. The number of rotatable bonds is 2. The molecule has 1 amide bonds. The number of ether oxygens (including phenoxy) is 1. The molecule has 4 nitrogen and oxygen atoms in total. The summed E-state index contributed by atoms with van der Waals surface area (Å²) in [6.07, 6.45) is 0.679. The third-order valence-electron chi connectivity index (χ3n) is 2.41. The van der Waals surface area contributed by atoms with Gasteiger partial charge < -0.3 is 15.4 Å². The van der Waals surface area contributed by atoms with E-state index in [-0.39, 0.29) is 6.09 Å². The fraction of sp³-hybridized carbons (Fsp3) is 0.364. The van der Waals surface area contributed by atoms with E-state index in [9.17, 15) is 4.79 Å². The summed E-state index contributed by atoms with van der Waals surface area (Å²) in [5.74, 6) is 0. The number of hydrogen-bond acceptors (Lipinski definition) is 3. The number of carbonyl (C=O) groups excluding carboxylic acids is 1. The molecule has 1 aromatic carbocycles. The van der Waals surface area contributed by atoms with E-state index in [0.29, 0.717) is 13.2 Å². The van der Waals surface area contributed by atoms with Crippen molar-refractivity contribution in [3.63, 3.8) is 0 Å². The highest BCUT2D eigenvalue weighted by atomic mass is 16.6. The first-order valence-corrected chi connectivity index (χ1v) is 5.02. The molecule has 1 fully saturated rings. The minimum atomic E-state index is -0.224. The van der Waals surface area contributed by atoms with Gasteiger partial charge in [-0.25, -0.2) is 4.79 Å². The van der Waals surface area contributed by atoms with Crippen LogP contribution < -0.4 is 5.73 Å². The number of hydrogen-bond donors (Lipinski definition) is 1. The first-order chi connectivity index (χ1) is 7.25. The highest BCUT2D eigenvalue weighted by Gasteiger charge is 2.19. The van der Waals surface area contributed by atoms with E-state index in [1.165, 1.54) is 0 Å². The van der Waals surface area contributed by atoms with Gasteiger partial charge in [0.25, 0.3) is 0 Å². The maximum Gasteiger partial charge on any atom is 0.410 e. The molecule has 0 saturated carbocycles. The Labute approximate surface area is 88.6 Å². The third kappa shape index (κ3) is 2.40. The lowest BCUT2D eigenvalue weighted by molar-refractivity contribution is 0.0700. The van der Waals surface area contributed by atoms with E-state index in [2.05, 4.69) is 0 Å². The standard InChI is InChI=1S/C11H14N2O2/c12-10-4-2-9(3-5-10)8-13-6-1-7-15-11(13)14/h2-5H,1,6-8,12H2. The first-order valence-electron chi connectivity index (χ1n) is 5.02. The van der Waals surface area contributed by atoms with Crippen LogP contribution in [0.15, 0.2) is 24.3 Å². The van der Waals surface area contributed by atoms with Crippen molar-refractivity contribution in [3.05, 3.63) is 29.8 Å². The monoisotopic (exact) mass is 206 g/mol. The first kappa shape index (κ1) is 9.83. The second kappa shape index (κ2) is 4.21. The molecule has 0 unspecified atom stereocenters. The van der Waals surface area contributed by atoms with Gasteiger partial charge in [0.15, 0.2) is 0 Å². The van der Waals surface area contributed by atoms with Crippen LogP contribution in [-0.4, -0.2) is 24.1 Å². The lowest BCUT2D eigenvalue weighted by atomic mass is 10.2. The molecule has 0 aromatic heterocycles. The third-order valence-corrected chi connectivity index (χ3v) is 2.41. The molecule has 1 aliphatic rings. The van der Waals surface area contributed by atoms with Crippen molar-refractivity contribution in [2.75, 3.05) is 18.9 Å². The van der Waals surface area contributed by atoms with Crippen LogP contribution in [0, 0.1) is 0 Å².